The van der Waals surface area contributed by atoms with Gasteiger partial charge in [-0.1, -0.05) is 13.0 Å². The van der Waals surface area contributed by atoms with Crippen LogP contribution in [0.1, 0.15) is 20.3 Å². The first-order valence-corrected chi connectivity index (χ1v) is 4.83. The molecule has 0 bridgehead atoms. The van der Waals surface area contributed by atoms with Crippen LogP contribution in [0, 0.1) is 0 Å². The van der Waals surface area contributed by atoms with E-state index in [0.717, 1.165) is 6.42 Å². The number of hydrogen-bond donors (Lipinski definition) is 0. The second-order valence-electron chi connectivity index (χ2n) is 3.95. The van der Waals surface area contributed by atoms with Gasteiger partial charge < -0.3 is 4.90 Å². The molecule has 0 amide bonds. The number of hydrogen-bond acceptors (Lipinski definition) is 2. The van der Waals surface area contributed by atoms with Crippen LogP contribution in [0.5, 0.6) is 0 Å². The molecule has 1 aliphatic rings. The molecule has 74 valence electrons. The summed E-state index contributed by atoms with van der Waals surface area (Å²) in [6.07, 6.45) is 6.07. The van der Waals surface area contributed by atoms with Gasteiger partial charge in [-0.3, -0.25) is 4.90 Å². The van der Waals surface area contributed by atoms with Crippen LogP contribution < -0.4 is 0 Å². The van der Waals surface area contributed by atoms with E-state index in [0.29, 0.717) is 6.17 Å². The molecule has 0 aromatic rings. The van der Waals surface area contributed by atoms with Crippen LogP contribution in [0.4, 0.5) is 0 Å². The summed E-state index contributed by atoms with van der Waals surface area (Å²) < 4.78 is 0. The Hall–Kier alpha value is -0.760. The van der Waals surface area contributed by atoms with E-state index in [1.807, 2.05) is 0 Å². The van der Waals surface area contributed by atoms with Crippen molar-refractivity contribution < 1.29 is 0 Å². The van der Waals surface area contributed by atoms with Crippen LogP contribution in [-0.4, -0.2) is 37.1 Å². The first kappa shape index (κ1) is 10.3. The van der Waals surface area contributed by atoms with Crippen LogP contribution in [0.25, 0.3) is 0 Å². The van der Waals surface area contributed by atoms with Gasteiger partial charge in [0, 0.05) is 13.2 Å². The van der Waals surface area contributed by atoms with Crippen molar-refractivity contribution in [3.63, 3.8) is 0 Å². The second kappa shape index (κ2) is 3.97. The Morgan fingerprint density at radius 1 is 1.46 bits per heavy atom. The average Bonchev–Trinajstić information content (AvgIpc) is 2.02. The zero-order valence-electron chi connectivity index (χ0n) is 9.33. The number of allylic oxidation sites excluding steroid dienone is 2. The molecule has 0 saturated carbocycles. The lowest BCUT2D eigenvalue weighted by Gasteiger charge is -2.36. The van der Waals surface area contributed by atoms with Crippen LogP contribution in [0.15, 0.2) is 23.4 Å². The van der Waals surface area contributed by atoms with Crippen molar-refractivity contribution >= 4 is 0 Å². The summed E-state index contributed by atoms with van der Waals surface area (Å²) in [5.74, 6) is 0. The molecule has 0 aromatic carbocycles. The van der Waals surface area contributed by atoms with E-state index in [9.17, 15) is 0 Å². The van der Waals surface area contributed by atoms with Crippen molar-refractivity contribution in [1.29, 1.82) is 0 Å². The van der Waals surface area contributed by atoms with Gasteiger partial charge in [-0.05, 0) is 38.6 Å². The van der Waals surface area contributed by atoms with E-state index in [4.69, 9.17) is 0 Å². The first-order valence-electron chi connectivity index (χ1n) is 4.83. The highest BCUT2D eigenvalue weighted by Gasteiger charge is 2.19. The van der Waals surface area contributed by atoms with Crippen molar-refractivity contribution in [2.45, 2.75) is 26.4 Å². The Balaban J connectivity index is 2.86. The fraction of sp³-hybridized carbons (Fsp3) is 0.636. The Morgan fingerprint density at radius 2 is 2.08 bits per heavy atom. The van der Waals surface area contributed by atoms with Crippen LogP contribution >= 0.6 is 0 Å². The molecule has 2 heteroatoms. The SMILES string of the molecule is CCC1=CN(C)C(N(C)C)C(C)=C1. The Kier molecular flexibility index (Phi) is 3.15. The lowest BCUT2D eigenvalue weighted by atomic mass is 10.0. The van der Waals surface area contributed by atoms with Crippen molar-refractivity contribution in [1.82, 2.24) is 9.80 Å². The third-order valence-electron chi connectivity index (χ3n) is 2.47. The summed E-state index contributed by atoms with van der Waals surface area (Å²) >= 11 is 0. The molecule has 0 spiro atoms. The zero-order valence-corrected chi connectivity index (χ0v) is 9.33. The molecule has 1 unspecified atom stereocenters. The zero-order chi connectivity index (χ0) is 10.0. The minimum Gasteiger partial charge on any atom is -0.361 e. The minimum atomic E-state index is 0.426. The molecule has 2 nitrogen and oxygen atoms in total. The van der Waals surface area contributed by atoms with E-state index in [-0.39, 0.29) is 0 Å². The summed E-state index contributed by atoms with van der Waals surface area (Å²) in [7, 11) is 6.36. The van der Waals surface area contributed by atoms with Gasteiger partial charge in [0.05, 0.1) is 0 Å². The fourth-order valence-electron chi connectivity index (χ4n) is 2.02. The van der Waals surface area contributed by atoms with E-state index in [1.54, 1.807) is 0 Å². The van der Waals surface area contributed by atoms with Gasteiger partial charge >= 0.3 is 0 Å². The fourth-order valence-corrected chi connectivity index (χ4v) is 2.02. The van der Waals surface area contributed by atoms with Crippen molar-refractivity contribution in [2.75, 3.05) is 21.1 Å². The van der Waals surface area contributed by atoms with Gasteiger partial charge in [0.15, 0.2) is 0 Å². The second-order valence-corrected chi connectivity index (χ2v) is 3.95. The van der Waals surface area contributed by atoms with Gasteiger partial charge in [-0.2, -0.15) is 0 Å². The summed E-state index contributed by atoms with van der Waals surface area (Å²) in [4.78, 5) is 4.50. The molecule has 1 atom stereocenters. The number of likely N-dealkylation sites (N-methyl/N-ethyl adjacent to an activating group) is 2. The van der Waals surface area contributed by atoms with Crippen LogP contribution in [0.3, 0.4) is 0 Å². The highest BCUT2D eigenvalue weighted by molar-refractivity contribution is 5.29. The maximum Gasteiger partial charge on any atom is 0.103 e. The molecule has 0 N–H and O–H groups in total. The summed E-state index contributed by atoms with van der Waals surface area (Å²) in [6, 6.07) is 0. The van der Waals surface area contributed by atoms with Crippen molar-refractivity contribution in [3.05, 3.63) is 23.4 Å². The van der Waals surface area contributed by atoms with Crippen molar-refractivity contribution in [2.24, 2.45) is 0 Å². The van der Waals surface area contributed by atoms with Crippen molar-refractivity contribution in [3.8, 4) is 0 Å². The van der Waals surface area contributed by atoms with Crippen LogP contribution in [-0.2, 0) is 0 Å². The van der Waals surface area contributed by atoms with Gasteiger partial charge in [0.1, 0.15) is 6.17 Å². The lowest BCUT2D eigenvalue weighted by molar-refractivity contribution is 0.178. The van der Waals surface area contributed by atoms with E-state index in [2.05, 4.69) is 57.1 Å². The first-order chi connectivity index (χ1) is 6.06. The largest absolute Gasteiger partial charge is 0.361 e. The Labute approximate surface area is 81.5 Å². The van der Waals surface area contributed by atoms with E-state index in [1.165, 1.54) is 11.1 Å². The summed E-state index contributed by atoms with van der Waals surface area (Å²) in [5.41, 5.74) is 2.84. The quantitative estimate of drug-likeness (QED) is 0.642. The molecule has 1 heterocycles. The Morgan fingerprint density at radius 3 is 2.46 bits per heavy atom. The summed E-state index contributed by atoms with van der Waals surface area (Å²) in [6.45, 7) is 4.39. The molecule has 13 heavy (non-hydrogen) atoms. The smallest absolute Gasteiger partial charge is 0.103 e. The molecular formula is C11H20N2. The molecule has 0 aliphatic carbocycles. The molecule has 0 radical (unpaired) electrons. The molecule has 0 saturated heterocycles. The summed E-state index contributed by atoms with van der Waals surface area (Å²) in [5, 5.41) is 0. The van der Waals surface area contributed by atoms with Gasteiger partial charge in [-0.25, -0.2) is 0 Å². The normalized spacial score (nSPS) is 23.2. The monoisotopic (exact) mass is 180 g/mol. The highest BCUT2D eigenvalue weighted by Crippen LogP contribution is 2.21. The molecule has 1 aliphatic heterocycles. The predicted octanol–water partition coefficient (Wildman–Crippen LogP) is 2.06. The highest BCUT2D eigenvalue weighted by atomic mass is 15.3. The molecule has 1 rings (SSSR count). The van der Waals surface area contributed by atoms with Gasteiger partial charge in [-0.15, -0.1) is 0 Å². The lowest BCUT2D eigenvalue weighted by Crippen LogP contribution is -2.42. The third kappa shape index (κ3) is 2.13. The maximum absolute atomic E-state index is 2.30. The standard InChI is InChI=1S/C11H20N2/c1-6-10-7-9(2)11(12(3)4)13(5)8-10/h7-8,11H,6H2,1-5H3. The molecular weight excluding hydrogens is 160 g/mol. The number of rotatable bonds is 2. The van der Waals surface area contributed by atoms with E-state index >= 15 is 0 Å². The van der Waals surface area contributed by atoms with Crippen LogP contribution in [0.2, 0.25) is 0 Å². The third-order valence-corrected chi connectivity index (χ3v) is 2.47. The number of nitrogens with zero attached hydrogens (tertiary/aromatic N) is 2. The molecule has 0 fully saturated rings. The van der Waals surface area contributed by atoms with Gasteiger partial charge in [0.2, 0.25) is 0 Å². The maximum atomic E-state index is 2.30. The Bertz CT molecular complexity index is 238. The molecule has 0 aromatic heterocycles. The van der Waals surface area contributed by atoms with Gasteiger partial charge in [0.25, 0.3) is 0 Å². The average molecular weight is 180 g/mol. The topological polar surface area (TPSA) is 6.48 Å². The van der Waals surface area contributed by atoms with E-state index < -0.39 is 0 Å². The minimum absolute atomic E-state index is 0.426. The predicted molar refractivity (Wildman–Crippen MR) is 57.4 cm³/mol.